The molecule has 0 bridgehead atoms. The number of hydrazine groups is 1. The van der Waals surface area contributed by atoms with E-state index in [0.29, 0.717) is 11.3 Å². The van der Waals surface area contributed by atoms with Crippen molar-refractivity contribution in [1.29, 1.82) is 0 Å². The van der Waals surface area contributed by atoms with Crippen LogP contribution in [-0.2, 0) is 21.8 Å². The van der Waals surface area contributed by atoms with Crippen LogP contribution >= 0.6 is 11.6 Å². The fourth-order valence-electron chi connectivity index (χ4n) is 3.41. The number of likely N-dealkylation sites (tertiary alicyclic amines) is 1. The van der Waals surface area contributed by atoms with Crippen LogP contribution in [0.1, 0.15) is 44.0 Å². The number of carbonyl (C=O) groups excluding carboxylic acids is 2. The Labute approximate surface area is 202 Å². The number of nitrogens with one attached hydrogen (secondary N) is 2. The smallest absolute Gasteiger partial charge is 0.410 e. The van der Waals surface area contributed by atoms with Crippen LogP contribution in [0.3, 0.4) is 0 Å². The van der Waals surface area contributed by atoms with Crippen molar-refractivity contribution < 1.29 is 27.1 Å². The van der Waals surface area contributed by atoms with Crippen LogP contribution in [0.2, 0.25) is 5.02 Å². The highest BCUT2D eigenvalue weighted by Gasteiger charge is 2.33. The zero-order valence-corrected chi connectivity index (χ0v) is 20.8. The minimum atomic E-state index is -3.98. The first-order chi connectivity index (χ1) is 15.8. The van der Waals surface area contributed by atoms with Crippen LogP contribution in [0.5, 0.6) is 0 Å². The quantitative estimate of drug-likeness (QED) is 0.590. The predicted molar refractivity (Wildman–Crippen MR) is 124 cm³/mol. The van der Waals surface area contributed by atoms with Gasteiger partial charge in [0.1, 0.15) is 5.60 Å². The second-order valence-electron chi connectivity index (χ2n) is 9.01. The number of aryl methyl sites for hydroxylation is 1. The van der Waals surface area contributed by atoms with E-state index in [1.807, 2.05) is 10.3 Å². The standard InChI is InChI=1S/C21H27ClFN5O5S/c1-21(2,3)33-20(30)28-7-5-14(6-8-28)34(31,32)26-25-19(29)15-9-13(10-16(22)18(15)23)17-11-27(4)12-24-17/h9-12,14,26H,5-8H2,1-4H3,(H,25,29). The van der Waals surface area contributed by atoms with E-state index in [4.69, 9.17) is 16.3 Å². The summed E-state index contributed by atoms with van der Waals surface area (Å²) in [6.07, 6.45) is 3.00. The van der Waals surface area contributed by atoms with Gasteiger partial charge in [0.15, 0.2) is 5.82 Å². The Morgan fingerprint density at radius 3 is 2.44 bits per heavy atom. The molecule has 0 radical (unpaired) electrons. The molecule has 3 rings (SSSR count). The third-order valence-electron chi connectivity index (χ3n) is 5.11. The van der Waals surface area contributed by atoms with Crippen LogP contribution < -0.4 is 10.3 Å². The number of benzene rings is 1. The van der Waals surface area contributed by atoms with Gasteiger partial charge < -0.3 is 14.2 Å². The lowest BCUT2D eigenvalue weighted by Crippen LogP contribution is -2.50. The summed E-state index contributed by atoms with van der Waals surface area (Å²) in [7, 11) is -2.23. The highest BCUT2D eigenvalue weighted by molar-refractivity contribution is 7.90. The summed E-state index contributed by atoms with van der Waals surface area (Å²) in [5, 5.41) is -1.15. The monoisotopic (exact) mass is 515 g/mol. The number of ether oxygens (including phenoxy) is 1. The van der Waals surface area contributed by atoms with Crippen molar-refractivity contribution in [3.63, 3.8) is 0 Å². The molecule has 2 aromatic rings. The Morgan fingerprint density at radius 1 is 1.24 bits per heavy atom. The molecule has 1 fully saturated rings. The molecule has 1 saturated heterocycles. The van der Waals surface area contributed by atoms with Gasteiger partial charge in [-0.25, -0.2) is 22.6 Å². The largest absolute Gasteiger partial charge is 0.444 e. The number of aromatic nitrogens is 2. The summed E-state index contributed by atoms with van der Waals surface area (Å²) in [6, 6.07) is 2.57. The lowest BCUT2D eigenvalue weighted by Gasteiger charge is -2.33. The minimum Gasteiger partial charge on any atom is -0.444 e. The molecule has 2 N–H and O–H groups in total. The second-order valence-corrected chi connectivity index (χ2v) is 11.4. The van der Waals surface area contributed by atoms with Crippen molar-refractivity contribution in [3.8, 4) is 11.3 Å². The van der Waals surface area contributed by atoms with Crippen LogP contribution in [-0.4, -0.2) is 58.8 Å². The number of hydrogen-bond donors (Lipinski definition) is 2. The molecule has 2 amide bonds. The normalized spacial score (nSPS) is 15.3. The fourth-order valence-corrected chi connectivity index (χ4v) is 4.86. The van der Waals surface area contributed by atoms with Gasteiger partial charge in [-0.3, -0.25) is 10.2 Å². The molecule has 1 aromatic heterocycles. The molecule has 34 heavy (non-hydrogen) atoms. The van der Waals surface area contributed by atoms with Gasteiger partial charge in [0.2, 0.25) is 10.0 Å². The highest BCUT2D eigenvalue weighted by Crippen LogP contribution is 2.27. The van der Waals surface area contributed by atoms with Crippen molar-refractivity contribution in [2.75, 3.05) is 13.1 Å². The number of nitrogens with zero attached hydrogens (tertiary/aromatic N) is 3. The van der Waals surface area contributed by atoms with Crippen LogP contribution in [0.15, 0.2) is 24.7 Å². The number of hydrogen-bond acceptors (Lipinski definition) is 6. The van der Waals surface area contributed by atoms with E-state index in [2.05, 4.69) is 4.98 Å². The van der Waals surface area contributed by atoms with Crippen molar-refractivity contribution >= 4 is 33.6 Å². The van der Waals surface area contributed by atoms with Gasteiger partial charge in [0, 0.05) is 31.9 Å². The van der Waals surface area contributed by atoms with Gasteiger partial charge in [0.25, 0.3) is 5.91 Å². The SMILES string of the molecule is Cn1cnc(-c2cc(Cl)c(F)c(C(=O)NNS(=O)(=O)C3CCN(C(=O)OC(C)(C)C)CC3)c2)c1. The lowest BCUT2D eigenvalue weighted by molar-refractivity contribution is 0.0217. The van der Waals surface area contributed by atoms with E-state index in [1.165, 1.54) is 23.4 Å². The maximum atomic E-state index is 14.5. The average molecular weight is 516 g/mol. The highest BCUT2D eigenvalue weighted by atomic mass is 35.5. The number of sulfonamides is 1. The molecular formula is C21H27ClFN5O5S. The summed E-state index contributed by atoms with van der Waals surface area (Å²) in [4.78, 5) is 32.4. The number of imidazole rings is 1. The zero-order chi connectivity index (χ0) is 25.3. The molecule has 1 aliphatic heterocycles. The molecule has 2 heterocycles. The van der Waals surface area contributed by atoms with E-state index in [-0.39, 0.29) is 31.0 Å². The molecule has 0 unspecified atom stereocenters. The van der Waals surface area contributed by atoms with Crippen molar-refractivity contribution in [2.45, 2.75) is 44.5 Å². The molecule has 0 spiro atoms. The van der Waals surface area contributed by atoms with E-state index in [1.54, 1.807) is 38.6 Å². The molecule has 13 heteroatoms. The molecule has 186 valence electrons. The van der Waals surface area contributed by atoms with Crippen molar-refractivity contribution in [1.82, 2.24) is 24.7 Å². The van der Waals surface area contributed by atoms with Gasteiger partial charge in [-0.2, -0.15) is 0 Å². The molecular weight excluding hydrogens is 489 g/mol. The van der Waals surface area contributed by atoms with E-state index >= 15 is 0 Å². The third kappa shape index (κ3) is 6.24. The van der Waals surface area contributed by atoms with Crippen LogP contribution in [0, 0.1) is 5.82 Å². The van der Waals surface area contributed by atoms with Crippen LogP contribution in [0.4, 0.5) is 9.18 Å². The molecule has 0 saturated carbocycles. The summed E-state index contributed by atoms with van der Waals surface area (Å²) < 4.78 is 46.8. The average Bonchev–Trinajstić information content (AvgIpc) is 3.19. The zero-order valence-electron chi connectivity index (χ0n) is 19.3. The summed E-state index contributed by atoms with van der Waals surface area (Å²) in [5.74, 6) is -1.99. The maximum absolute atomic E-state index is 14.5. The Bertz CT molecular complexity index is 1190. The number of carbonyl (C=O) groups is 2. The number of rotatable bonds is 5. The molecule has 10 nitrogen and oxygen atoms in total. The first kappa shape index (κ1) is 25.9. The Hall–Kier alpha value is -2.70. The van der Waals surface area contributed by atoms with Gasteiger partial charge >= 0.3 is 6.09 Å². The van der Waals surface area contributed by atoms with Gasteiger partial charge in [0.05, 0.1) is 27.9 Å². The summed E-state index contributed by atoms with van der Waals surface area (Å²) in [5.41, 5.74) is 1.82. The Morgan fingerprint density at radius 2 is 1.88 bits per heavy atom. The van der Waals surface area contributed by atoms with Gasteiger partial charge in [-0.05, 0) is 45.7 Å². The molecule has 0 aliphatic carbocycles. The topological polar surface area (TPSA) is 123 Å². The van der Waals surface area contributed by atoms with Gasteiger partial charge in [-0.15, -0.1) is 4.83 Å². The fraction of sp³-hybridized carbons (Fsp3) is 0.476. The van der Waals surface area contributed by atoms with Crippen LogP contribution in [0.25, 0.3) is 11.3 Å². The van der Waals surface area contributed by atoms with Gasteiger partial charge in [-0.1, -0.05) is 11.6 Å². The number of halogens is 2. The number of piperidine rings is 1. The Kier molecular flexibility index (Phi) is 7.53. The van der Waals surface area contributed by atoms with E-state index in [9.17, 15) is 22.4 Å². The third-order valence-corrected chi connectivity index (χ3v) is 7.12. The molecule has 1 aliphatic rings. The summed E-state index contributed by atoms with van der Waals surface area (Å²) >= 11 is 5.94. The van der Waals surface area contributed by atoms with E-state index in [0.717, 1.165) is 0 Å². The summed E-state index contributed by atoms with van der Waals surface area (Å²) in [6.45, 7) is 5.61. The second kappa shape index (κ2) is 9.88. The first-order valence-electron chi connectivity index (χ1n) is 10.5. The van der Waals surface area contributed by atoms with E-state index < -0.39 is 44.3 Å². The lowest BCUT2D eigenvalue weighted by atomic mass is 10.1. The maximum Gasteiger partial charge on any atom is 0.410 e. The Balaban J connectivity index is 1.64. The predicted octanol–water partition coefficient (Wildman–Crippen LogP) is 2.84. The van der Waals surface area contributed by atoms with Crippen molar-refractivity contribution in [2.24, 2.45) is 7.05 Å². The minimum absolute atomic E-state index is 0.153. The first-order valence-corrected chi connectivity index (χ1v) is 12.5. The van der Waals surface area contributed by atoms with Crippen molar-refractivity contribution in [3.05, 3.63) is 41.1 Å². The number of amides is 2. The molecule has 1 aromatic carbocycles. The molecule has 0 atom stereocenters.